The number of aromatic nitrogens is 1. The Morgan fingerprint density at radius 2 is 2.00 bits per heavy atom. The van der Waals surface area contributed by atoms with Gasteiger partial charge in [0.1, 0.15) is 0 Å². The molecular formula is C16H25N3O. The molecule has 1 N–H and O–H groups in total. The first-order chi connectivity index (χ1) is 9.65. The second-order valence-corrected chi connectivity index (χ2v) is 6.04. The number of hydrogen-bond acceptors (Lipinski definition) is 3. The Kier molecular flexibility index (Phi) is 5.39. The first-order valence-corrected chi connectivity index (χ1v) is 7.57. The number of amides is 1. The minimum atomic E-state index is 0.191. The van der Waals surface area contributed by atoms with E-state index in [0.29, 0.717) is 18.3 Å². The lowest BCUT2D eigenvalue weighted by Gasteiger charge is -2.33. The number of pyridine rings is 1. The molecule has 0 saturated carbocycles. The number of rotatable bonds is 5. The highest BCUT2D eigenvalue weighted by Gasteiger charge is 2.19. The van der Waals surface area contributed by atoms with Crippen LogP contribution in [0.5, 0.6) is 0 Å². The van der Waals surface area contributed by atoms with Gasteiger partial charge in [0, 0.05) is 44.1 Å². The van der Waals surface area contributed by atoms with Gasteiger partial charge in [-0.05, 0) is 36.8 Å². The predicted molar refractivity (Wildman–Crippen MR) is 81.6 cm³/mol. The lowest BCUT2D eigenvalue weighted by Crippen LogP contribution is -2.38. The van der Waals surface area contributed by atoms with Crippen LogP contribution in [0.15, 0.2) is 24.5 Å². The average molecular weight is 275 g/mol. The van der Waals surface area contributed by atoms with E-state index < -0.39 is 0 Å². The van der Waals surface area contributed by atoms with E-state index in [0.717, 1.165) is 32.5 Å². The molecule has 4 nitrogen and oxygen atoms in total. The number of piperidine rings is 1. The molecule has 0 spiro atoms. The molecule has 0 aromatic carbocycles. The molecular weight excluding hydrogens is 250 g/mol. The molecule has 4 heteroatoms. The molecule has 1 aliphatic rings. The average Bonchev–Trinajstić information content (AvgIpc) is 2.46. The predicted octanol–water partition coefficient (Wildman–Crippen LogP) is 2.46. The van der Waals surface area contributed by atoms with Crippen LogP contribution in [0.2, 0.25) is 0 Å². The van der Waals surface area contributed by atoms with Gasteiger partial charge in [0.2, 0.25) is 5.91 Å². The van der Waals surface area contributed by atoms with E-state index in [9.17, 15) is 4.79 Å². The number of nitrogens with zero attached hydrogens (tertiary/aromatic N) is 2. The van der Waals surface area contributed by atoms with E-state index in [4.69, 9.17) is 0 Å². The van der Waals surface area contributed by atoms with Crippen LogP contribution in [0.3, 0.4) is 0 Å². The SMILES string of the molecule is CC(C)CC(=O)NCC1CCN(c2ccncc2)CC1. The number of anilines is 1. The zero-order valence-corrected chi connectivity index (χ0v) is 12.5. The van der Waals surface area contributed by atoms with Gasteiger partial charge in [-0.15, -0.1) is 0 Å². The maximum atomic E-state index is 11.7. The van der Waals surface area contributed by atoms with Crippen molar-refractivity contribution in [2.45, 2.75) is 33.1 Å². The van der Waals surface area contributed by atoms with Crippen LogP contribution in [-0.4, -0.2) is 30.5 Å². The Morgan fingerprint density at radius 1 is 1.35 bits per heavy atom. The van der Waals surface area contributed by atoms with Gasteiger partial charge < -0.3 is 10.2 Å². The van der Waals surface area contributed by atoms with E-state index in [1.54, 1.807) is 0 Å². The van der Waals surface area contributed by atoms with Crippen molar-refractivity contribution in [2.24, 2.45) is 11.8 Å². The standard InChI is InChI=1S/C16H25N3O/c1-13(2)11-16(20)18-12-14-5-9-19(10-6-14)15-3-7-17-8-4-15/h3-4,7-8,13-14H,5-6,9-12H2,1-2H3,(H,18,20). The fraction of sp³-hybridized carbons (Fsp3) is 0.625. The van der Waals surface area contributed by atoms with Crippen molar-refractivity contribution in [2.75, 3.05) is 24.5 Å². The molecule has 0 radical (unpaired) electrons. The summed E-state index contributed by atoms with van der Waals surface area (Å²) >= 11 is 0. The first kappa shape index (κ1) is 14.8. The van der Waals surface area contributed by atoms with Gasteiger partial charge in [0.25, 0.3) is 0 Å². The number of carbonyl (C=O) groups is 1. The van der Waals surface area contributed by atoms with Gasteiger partial charge in [-0.3, -0.25) is 9.78 Å². The summed E-state index contributed by atoms with van der Waals surface area (Å²) in [7, 11) is 0. The molecule has 2 heterocycles. The molecule has 1 amide bonds. The highest BCUT2D eigenvalue weighted by atomic mass is 16.1. The van der Waals surface area contributed by atoms with Crippen molar-refractivity contribution in [1.82, 2.24) is 10.3 Å². The summed E-state index contributed by atoms with van der Waals surface area (Å²) in [6, 6.07) is 4.12. The number of carbonyl (C=O) groups excluding carboxylic acids is 1. The molecule has 1 aliphatic heterocycles. The molecule has 1 fully saturated rings. The Labute approximate surface area is 121 Å². The third kappa shape index (κ3) is 4.51. The highest BCUT2D eigenvalue weighted by molar-refractivity contribution is 5.76. The smallest absolute Gasteiger partial charge is 0.220 e. The highest BCUT2D eigenvalue weighted by Crippen LogP contribution is 2.22. The minimum absolute atomic E-state index is 0.191. The van der Waals surface area contributed by atoms with Crippen molar-refractivity contribution in [1.29, 1.82) is 0 Å². The van der Waals surface area contributed by atoms with Crippen LogP contribution in [0.25, 0.3) is 0 Å². The topological polar surface area (TPSA) is 45.2 Å². The molecule has 1 saturated heterocycles. The van der Waals surface area contributed by atoms with Crippen LogP contribution in [0.1, 0.15) is 33.1 Å². The summed E-state index contributed by atoms with van der Waals surface area (Å²) < 4.78 is 0. The maximum Gasteiger partial charge on any atom is 0.220 e. The zero-order chi connectivity index (χ0) is 14.4. The molecule has 20 heavy (non-hydrogen) atoms. The van der Waals surface area contributed by atoms with Crippen molar-refractivity contribution in [3.05, 3.63) is 24.5 Å². The van der Waals surface area contributed by atoms with Crippen LogP contribution in [0, 0.1) is 11.8 Å². The van der Waals surface area contributed by atoms with E-state index in [2.05, 4.69) is 41.2 Å². The largest absolute Gasteiger partial charge is 0.371 e. The minimum Gasteiger partial charge on any atom is -0.371 e. The van der Waals surface area contributed by atoms with Crippen molar-refractivity contribution in [3.8, 4) is 0 Å². The lowest BCUT2D eigenvalue weighted by molar-refractivity contribution is -0.122. The summed E-state index contributed by atoms with van der Waals surface area (Å²) in [6.07, 6.45) is 6.60. The lowest BCUT2D eigenvalue weighted by atomic mass is 9.96. The Balaban J connectivity index is 1.71. The Bertz CT molecular complexity index is 411. The summed E-state index contributed by atoms with van der Waals surface area (Å²) in [4.78, 5) is 18.1. The molecule has 0 atom stereocenters. The number of hydrogen-bond donors (Lipinski definition) is 1. The summed E-state index contributed by atoms with van der Waals surface area (Å²) in [5.74, 6) is 1.24. The summed E-state index contributed by atoms with van der Waals surface area (Å²) in [5, 5.41) is 3.07. The molecule has 0 aliphatic carbocycles. The monoisotopic (exact) mass is 275 g/mol. The molecule has 1 aromatic rings. The molecule has 2 rings (SSSR count). The second-order valence-electron chi connectivity index (χ2n) is 6.04. The first-order valence-electron chi connectivity index (χ1n) is 7.57. The van der Waals surface area contributed by atoms with Gasteiger partial charge in [-0.1, -0.05) is 13.8 Å². The quantitative estimate of drug-likeness (QED) is 0.898. The molecule has 1 aromatic heterocycles. The Morgan fingerprint density at radius 3 is 2.60 bits per heavy atom. The molecule has 0 unspecified atom stereocenters. The molecule has 0 bridgehead atoms. The third-order valence-electron chi connectivity index (χ3n) is 3.82. The van der Waals surface area contributed by atoms with Crippen LogP contribution in [-0.2, 0) is 4.79 Å². The van der Waals surface area contributed by atoms with E-state index in [1.165, 1.54) is 5.69 Å². The normalized spacial score (nSPS) is 16.4. The van der Waals surface area contributed by atoms with E-state index in [1.807, 2.05) is 12.4 Å². The summed E-state index contributed by atoms with van der Waals surface area (Å²) in [5.41, 5.74) is 1.25. The number of nitrogens with one attached hydrogen (secondary N) is 1. The van der Waals surface area contributed by atoms with Gasteiger partial charge in [0.15, 0.2) is 0 Å². The fourth-order valence-electron chi connectivity index (χ4n) is 2.65. The van der Waals surface area contributed by atoms with Crippen molar-refractivity contribution >= 4 is 11.6 Å². The van der Waals surface area contributed by atoms with Crippen molar-refractivity contribution in [3.63, 3.8) is 0 Å². The van der Waals surface area contributed by atoms with Crippen LogP contribution in [0.4, 0.5) is 5.69 Å². The fourth-order valence-corrected chi connectivity index (χ4v) is 2.65. The second kappa shape index (κ2) is 7.27. The van der Waals surface area contributed by atoms with Gasteiger partial charge in [0.05, 0.1) is 0 Å². The molecule has 110 valence electrons. The van der Waals surface area contributed by atoms with Crippen LogP contribution >= 0.6 is 0 Å². The summed E-state index contributed by atoms with van der Waals surface area (Å²) in [6.45, 7) is 7.11. The third-order valence-corrected chi connectivity index (χ3v) is 3.82. The van der Waals surface area contributed by atoms with Crippen LogP contribution < -0.4 is 10.2 Å². The Hall–Kier alpha value is -1.58. The maximum absolute atomic E-state index is 11.7. The van der Waals surface area contributed by atoms with Gasteiger partial charge in [-0.2, -0.15) is 0 Å². The zero-order valence-electron chi connectivity index (χ0n) is 12.5. The van der Waals surface area contributed by atoms with Gasteiger partial charge in [-0.25, -0.2) is 0 Å². The van der Waals surface area contributed by atoms with E-state index >= 15 is 0 Å². The van der Waals surface area contributed by atoms with Crippen molar-refractivity contribution < 1.29 is 4.79 Å². The van der Waals surface area contributed by atoms with Gasteiger partial charge >= 0.3 is 0 Å². The van der Waals surface area contributed by atoms with E-state index in [-0.39, 0.29) is 5.91 Å².